The first-order valence-corrected chi connectivity index (χ1v) is 7.66. The van der Waals surface area contributed by atoms with Crippen molar-refractivity contribution in [1.29, 1.82) is 10.8 Å². The fraction of sp³-hybridized carbons (Fsp3) is 0. The Hall–Kier alpha value is -3.80. The van der Waals surface area contributed by atoms with E-state index in [-0.39, 0.29) is 22.6 Å². The fourth-order valence-corrected chi connectivity index (χ4v) is 2.76. The van der Waals surface area contributed by atoms with Gasteiger partial charge >= 0.3 is 11.9 Å². The molecule has 0 fully saturated rings. The number of hydrogen-bond acceptors (Lipinski definition) is 4. The molecule has 0 aromatic heterocycles. The highest BCUT2D eigenvalue weighted by molar-refractivity contribution is 6.49. The molecular weight excluding hydrogens is 332 g/mol. The van der Waals surface area contributed by atoms with Gasteiger partial charge in [-0.25, -0.2) is 9.59 Å². The van der Waals surface area contributed by atoms with E-state index >= 15 is 0 Å². The molecule has 1 aliphatic rings. The van der Waals surface area contributed by atoms with Crippen LogP contribution in [0.4, 0.5) is 0 Å². The lowest BCUT2D eigenvalue weighted by molar-refractivity contribution is 0.0686. The largest absolute Gasteiger partial charge is 0.478 e. The second kappa shape index (κ2) is 6.60. The molecule has 0 saturated heterocycles. The van der Waals surface area contributed by atoms with Gasteiger partial charge in [0.05, 0.1) is 22.6 Å². The highest BCUT2D eigenvalue weighted by Crippen LogP contribution is 2.32. The maximum Gasteiger partial charge on any atom is 0.335 e. The Labute approximate surface area is 148 Å². The molecule has 0 heterocycles. The second-order valence-corrected chi connectivity index (χ2v) is 5.68. The molecule has 0 bridgehead atoms. The van der Waals surface area contributed by atoms with Crippen LogP contribution in [0.3, 0.4) is 0 Å². The van der Waals surface area contributed by atoms with Gasteiger partial charge in [0.15, 0.2) is 0 Å². The minimum atomic E-state index is -1.04. The van der Waals surface area contributed by atoms with Crippen molar-refractivity contribution >= 4 is 34.5 Å². The van der Waals surface area contributed by atoms with E-state index in [1.807, 2.05) is 0 Å². The van der Waals surface area contributed by atoms with Crippen LogP contribution in [0.2, 0.25) is 0 Å². The van der Waals surface area contributed by atoms with E-state index in [1.165, 1.54) is 36.4 Å². The van der Waals surface area contributed by atoms with Gasteiger partial charge in [0.25, 0.3) is 0 Å². The highest BCUT2D eigenvalue weighted by atomic mass is 16.4. The van der Waals surface area contributed by atoms with Crippen molar-refractivity contribution in [3.05, 3.63) is 82.9 Å². The van der Waals surface area contributed by atoms with E-state index in [0.29, 0.717) is 22.3 Å². The summed E-state index contributed by atoms with van der Waals surface area (Å²) < 4.78 is 0. The summed E-state index contributed by atoms with van der Waals surface area (Å²) in [4.78, 5) is 22.1. The Bertz CT molecular complexity index is 916. The molecule has 0 amide bonds. The zero-order valence-electron chi connectivity index (χ0n) is 13.5. The Morgan fingerprint density at radius 2 is 0.923 bits per heavy atom. The zero-order valence-corrected chi connectivity index (χ0v) is 13.5. The molecule has 3 rings (SSSR count). The third-order valence-electron chi connectivity index (χ3n) is 4.05. The summed E-state index contributed by atoms with van der Waals surface area (Å²) in [5.41, 5.74) is 2.89. The molecule has 0 saturated carbocycles. The van der Waals surface area contributed by atoms with Crippen molar-refractivity contribution in [3.63, 3.8) is 0 Å². The predicted octanol–water partition coefficient (Wildman–Crippen LogP) is 3.60. The van der Waals surface area contributed by atoms with Crippen LogP contribution in [-0.2, 0) is 0 Å². The monoisotopic (exact) mass is 346 g/mol. The first kappa shape index (κ1) is 17.0. The van der Waals surface area contributed by atoms with Crippen LogP contribution in [0, 0.1) is 10.8 Å². The van der Waals surface area contributed by atoms with E-state index in [4.69, 9.17) is 21.0 Å². The van der Waals surface area contributed by atoms with Crippen molar-refractivity contribution in [2.45, 2.75) is 0 Å². The van der Waals surface area contributed by atoms with Gasteiger partial charge in [0.2, 0.25) is 0 Å². The summed E-state index contributed by atoms with van der Waals surface area (Å²) in [6, 6.07) is 12.2. The van der Waals surface area contributed by atoms with E-state index in [1.54, 1.807) is 24.3 Å². The van der Waals surface area contributed by atoms with Gasteiger partial charge in [0.1, 0.15) is 0 Å². The van der Waals surface area contributed by atoms with E-state index < -0.39 is 11.9 Å². The summed E-state index contributed by atoms with van der Waals surface area (Å²) in [5, 5.41) is 34.6. The normalized spacial score (nSPS) is 13.8. The zero-order chi connectivity index (χ0) is 18.8. The SMILES string of the molecule is N=C1C=CC(=N)C(c2ccc(C(=O)O)cc2)=C1c1ccc(C(=O)O)cc1. The van der Waals surface area contributed by atoms with Crippen molar-refractivity contribution < 1.29 is 19.8 Å². The first-order chi connectivity index (χ1) is 12.4. The van der Waals surface area contributed by atoms with Crippen LogP contribution in [0.15, 0.2) is 60.7 Å². The maximum atomic E-state index is 11.0. The van der Waals surface area contributed by atoms with Crippen LogP contribution in [0.1, 0.15) is 31.8 Å². The van der Waals surface area contributed by atoms with Gasteiger partial charge in [-0.15, -0.1) is 0 Å². The number of allylic oxidation sites excluding steroid dienone is 4. The van der Waals surface area contributed by atoms with Gasteiger partial charge in [-0.3, -0.25) is 0 Å². The van der Waals surface area contributed by atoms with Crippen molar-refractivity contribution in [3.8, 4) is 0 Å². The summed E-state index contributed by atoms with van der Waals surface area (Å²) in [5.74, 6) is -2.08. The van der Waals surface area contributed by atoms with Crippen LogP contribution >= 0.6 is 0 Å². The number of benzene rings is 2. The molecule has 26 heavy (non-hydrogen) atoms. The molecule has 0 aliphatic heterocycles. The summed E-state index contributed by atoms with van der Waals surface area (Å²) >= 11 is 0. The molecule has 0 unspecified atom stereocenters. The Kier molecular flexibility index (Phi) is 4.33. The lowest BCUT2D eigenvalue weighted by Crippen LogP contribution is -2.12. The molecule has 128 valence electrons. The lowest BCUT2D eigenvalue weighted by Gasteiger charge is -2.19. The number of aromatic carboxylic acids is 2. The molecule has 0 spiro atoms. The molecule has 0 atom stereocenters. The summed E-state index contributed by atoms with van der Waals surface area (Å²) in [6.07, 6.45) is 3.02. The van der Waals surface area contributed by atoms with Crippen LogP contribution in [0.5, 0.6) is 0 Å². The fourth-order valence-electron chi connectivity index (χ4n) is 2.76. The number of nitrogens with one attached hydrogen (secondary N) is 2. The topological polar surface area (TPSA) is 122 Å². The third-order valence-corrected chi connectivity index (χ3v) is 4.05. The van der Waals surface area contributed by atoms with Gasteiger partial charge in [0, 0.05) is 11.1 Å². The maximum absolute atomic E-state index is 11.0. The Morgan fingerprint density at radius 3 is 1.19 bits per heavy atom. The smallest absolute Gasteiger partial charge is 0.335 e. The summed E-state index contributed by atoms with van der Waals surface area (Å²) in [7, 11) is 0. The third kappa shape index (κ3) is 3.08. The molecule has 2 aromatic rings. The van der Waals surface area contributed by atoms with Gasteiger partial charge < -0.3 is 21.0 Å². The molecular formula is C20H14N2O4. The molecule has 0 radical (unpaired) electrons. The van der Waals surface area contributed by atoms with E-state index in [2.05, 4.69) is 0 Å². The Morgan fingerprint density at radius 1 is 0.615 bits per heavy atom. The minimum absolute atomic E-state index is 0.134. The summed E-state index contributed by atoms with van der Waals surface area (Å²) in [6.45, 7) is 0. The molecule has 6 nitrogen and oxygen atoms in total. The number of rotatable bonds is 4. The predicted molar refractivity (Wildman–Crippen MR) is 98.2 cm³/mol. The molecule has 1 aliphatic carbocycles. The van der Waals surface area contributed by atoms with Gasteiger partial charge in [-0.05, 0) is 47.5 Å². The van der Waals surface area contributed by atoms with E-state index in [9.17, 15) is 9.59 Å². The van der Waals surface area contributed by atoms with Crippen LogP contribution in [-0.4, -0.2) is 33.6 Å². The van der Waals surface area contributed by atoms with Crippen LogP contribution in [0.25, 0.3) is 11.1 Å². The van der Waals surface area contributed by atoms with Crippen molar-refractivity contribution in [2.24, 2.45) is 0 Å². The molecule has 2 aromatic carbocycles. The van der Waals surface area contributed by atoms with E-state index in [0.717, 1.165) is 0 Å². The minimum Gasteiger partial charge on any atom is -0.478 e. The van der Waals surface area contributed by atoms with Crippen LogP contribution < -0.4 is 0 Å². The Balaban J connectivity index is 2.16. The molecule has 6 heteroatoms. The van der Waals surface area contributed by atoms with Crippen molar-refractivity contribution in [2.75, 3.05) is 0 Å². The van der Waals surface area contributed by atoms with Crippen molar-refractivity contribution in [1.82, 2.24) is 0 Å². The molecule has 4 N–H and O–H groups in total. The number of hydrogen-bond donors (Lipinski definition) is 4. The average Bonchev–Trinajstić information content (AvgIpc) is 2.63. The number of carbonyl (C=O) groups is 2. The van der Waals surface area contributed by atoms with Gasteiger partial charge in [-0.2, -0.15) is 0 Å². The second-order valence-electron chi connectivity index (χ2n) is 5.68. The number of carboxylic acids is 2. The highest BCUT2D eigenvalue weighted by Gasteiger charge is 2.21. The quantitative estimate of drug-likeness (QED) is 0.632. The standard InChI is InChI=1S/C20H14N2O4/c21-15-9-10-16(22)18(12-3-7-14(8-4-12)20(25)26)17(15)11-1-5-13(6-2-11)19(23)24/h1-10,21-22H,(H,23,24)(H,25,26). The lowest BCUT2D eigenvalue weighted by atomic mass is 9.84. The van der Waals surface area contributed by atoms with Gasteiger partial charge in [-0.1, -0.05) is 24.3 Å². The number of carboxylic acid groups (broad SMARTS) is 2. The average molecular weight is 346 g/mol. The first-order valence-electron chi connectivity index (χ1n) is 7.66.